The minimum absolute atomic E-state index is 0.255. The molecule has 0 saturated carbocycles. The van der Waals surface area contributed by atoms with Gasteiger partial charge in [-0.05, 0) is 25.1 Å². The maximum absolute atomic E-state index is 13.9. The van der Waals surface area contributed by atoms with E-state index in [1.165, 1.54) is 17.9 Å². The first-order valence-electron chi connectivity index (χ1n) is 8.64. The lowest BCUT2D eigenvalue weighted by Crippen LogP contribution is -2.51. The lowest BCUT2D eigenvalue weighted by atomic mass is 10.2. The number of halogens is 4. The second-order valence-corrected chi connectivity index (χ2v) is 6.44. The molecule has 0 aliphatic carbocycles. The van der Waals surface area contributed by atoms with Crippen LogP contribution in [0.5, 0.6) is 0 Å². The highest BCUT2D eigenvalue weighted by molar-refractivity contribution is 5.80. The predicted octanol–water partition coefficient (Wildman–Crippen LogP) is 2.31. The number of alkyl halides is 3. The number of aromatic nitrogens is 2. The summed E-state index contributed by atoms with van der Waals surface area (Å²) in [6.07, 6.45) is -4.72. The molecule has 150 valence electrons. The van der Waals surface area contributed by atoms with Crippen molar-refractivity contribution in [2.24, 2.45) is 0 Å². The number of para-hydroxylation sites is 1. The van der Waals surface area contributed by atoms with Gasteiger partial charge in [0.1, 0.15) is 11.9 Å². The molecular formula is C18H18F4N4O2. The molecule has 1 aliphatic heterocycles. The molecule has 0 spiro atoms. The number of amides is 1. The molecule has 1 atom stereocenters. The second-order valence-electron chi connectivity index (χ2n) is 6.44. The monoisotopic (exact) mass is 398 g/mol. The molecule has 0 bridgehead atoms. The largest absolute Gasteiger partial charge is 0.435 e. The Labute approximate surface area is 158 Å². The van der Waals surface area contributed by atoms with Gasteiger partial charge in [0.15, 0.2) is 5.69 Å². The highest BCUT2D eigenvalue weighted by Crippen LogP contribution is 2.27. The molecule has 1 saturated heterocycles. The van der Waals surface area contributed by atoms with E-state index in [9.17, 15) is 27.2 Å². The Morgan fingerprint density at radius 3 is 2.32 bits per heavy atom. The molecule has 0 N–H and O–H groups in total. The summed E-state index contributed by atoms with van der Waals surface area (Å²) in [5.41, 5.74) is -1.60. The van der Waals surface area contributed by atoms with Crippen LogP contribution in [0.15, 0.2) is 41.2 Å². The van der Waals surface area contributed by atoms with Crippen molar-refractivity contribution in [3.05, 3.63) is 58.3 Å². The quantitative estimate of drug-likeness (QED) is 0.745. The Morgan fingerprint density at radius 2 is 1.71 bits per heavy atom. The van der Waals surface area contributed by atoms with Crippen LogP contribution in [0.4, 0.5) is 23.2 Å². The van der Waals surface area contributed by atoms with E-state index in [4.69, 9.17) is 0 Å². The zero-order valence-corrected chi connectivity index (χ0v) is 15.0. The van der Waals surface area contributed by atoms with Crippen LogP contribution in [0.2, 0.25) is 0 Å². The van der Waals surface area contributed by atoms with Gasteiger partial charge < -0.3 is 9.80 Å². The van der Waals surface area contributed by atoms with Crippen LogP contribution in [0.25, 0.3) is 0 Å². The van der Waals surface area contributed by atoms with Crippen LogP contribution in [0, 0.1) is 5.82 Å². The van der Waals surface area contributed by atoms with E-state index in [-0.39, 0.29) is 18.9 Å². The Kier molecular flexibility index (Phi) is 5.39. The zero-order chi connectivity index (χ0) is 20.5. The number of rotatable bonds is 3. The van der Waals surface area contributed by atoms with Gasteiger partial charge in [0.2, 0.25) is 5.91 Å². The normalized spacial score (nSPS) is 16.2. The molecule has 10 heteroatoms. The van der Waals surface area contributed by atoms with Crippen molar-refractivity contribution in [3.63, 3.8) is 0 Å². The van der Waals surface area contributed by atoms with Crippen molar-refractivity contribution in [1.82, 2.24) is 14.7 Å². The van der Waals surface area contributed by atoms with E-state index in [1.54, 1.807) is 23.1 Å². The molecule has 1 aliphatic rings. The molecule has 28 heavy (non-hydrogen) atoms. The van der Waals surface area contributed by atoms with E-state index in [0.29, 0.717) is 29.5 Å². The number of piperazine rings is 1. The van der Waals surface area contributed by atoms with Crippen molar-refractivity contribution < 1.29 is 22.4 Å². The van der Waals surface area contributed by atoms with Crippen LogP contribution < -0.4 is 10.5 Å². The molecular weight excluding hydrogens is 380 g/mol. The minimum atomic E-state index is -4.72. The number of hydrogen-bond acceptors (Lipinski definition) is 4. The number of hydrogen-bond donors (Lipinski definition) is 0. The summed E-state index contributed by atoms with van der Waals surface area (Å²) in [4.78, 5) is 27.8. The Bertz CT molecular complexity index is 920. The molecule has 2 aromatic rings. The lowest BCUT2D eigenvalue weighted by Gasteiger charge is -2.37. The zero-order valence-electron chi connectivity index (χ0n) is 15.0. The minimum Gasteiger partial charge on any atom is -0.366 e. The van der Waals surface area contributed by atoms with Gasteiger partial charge >= 0.3 is 6.18 Å². The van der Waals surface area contributed by atoms with E-state index in [2.05, 4.69) is 5.10 Å². The number of anilines is 1. The fourth-order valence-electron chi connectivity index (χ4n) is 3.10. The summed E-state index contributed by atoms with van der Waals surface area (Å²) in [5, 5.41) is 3.31. The van der Waals surface area contributed by atoms with E-state index in [1.807, 2.05) is 0 Å². The molecule has 6 nitrogen and oxygen atoms in total. The van der Waals surface area contributed by atoms with Crippen molar-refractivity contribution in [2.75, 3.05) is 31.1 Å². The first kappa shape index (κ1) is 19.8. The van der Waals surface area contributed by atoms with E-state index in [0.717, 1.165) is 6.07 Å². The molecule has 2 heterocycles. The fraction of sp³-hybridized carbons (Fsp3) is 0.389. The van der Waals surface area contributed by atoms with Gasteiger partial charge in [-0.3, -0.25) is 9.59 Å². The number of benzene rings is 1. The number of nitrogens with zero attached hydrogens (tertiary/aromatic N) is 4. The maximum atomic E-state index is 13.9. The molecule has 0 radical (unpaired) electrons. The molecule has 1 fully saturated rings. The first-order valence-corrected chi connectivity index (χ1v) is 8.64. The average Bonchev–Trinajstić information content (AvgIpc) is 2.67. The van der Waals surface area contributed by atoms with Crippen molar-refractivity contribution >= 4 is 11.6 Å². The van der Waals surface area contributed by atoms with Gasteiger partial charge in [0.05, 0.1) is 5.69 Å². The van der Waals surface area contributed by atoms with Crippen LogP contribution >= 0.6 is 0 Å². The molecule has 1 aromatic carbocycles. The smallest absolute Gasteiger partial charge is 0.366 e. The van der Waals surface area contributed by atoms with Gasteiger partial charge in [-0.15, -0.1) is 0 Å². The Hall–Kier alpha value is -2.91. The third kappa shape index (κ3) is 4.00. The third-order valence-electron chi connectivity index (χ3n) is 4.62. The van der Waals surface area contributed by atoms with Gasteiger partial charge in [0.25, 0.3) is 5.56 Å². The standard InChI is InChI=1S/C18H18F4N4O2/c1-12(26-16(27)7-6-15(23-26)18(20,21)22)17(28)25-10-8-24(9-11-25)14-5-3-2-4-13(14)19/h2-7,12H,8-11H2,1H3. The summed E-state index contributed by atoms with van der Waals surface area (Å²) in [5.74, 6) is -0.877. The fourth-order valence-corrected chi connectivity index (χ4v) is 3.10. The highest BCUT2D eigenvalue weighted by atomic mass is 19.4. The number of carbonyl (C=O) groups is 1. The summed E-state index contributed by atoms with van der Waals surface area (Å²) in [7, 11) is 0. The molecule has 1 amide bonds. The van der Waals surface area contributed by atoms with Crippen LogP contribution in [0.1, 0.15) is 18.7 Å². The van der Waals surface area contributed by atoms with E-state index < -0.39 is 29.4 Å². The maximum Gasteiger partial charge on any atom is 0.435 e. The van der Waals surface area contributed by atoms with Crippen LogP contribution in [-0.2, 0) is 11.0 Å². The molecule has 1 unspecified atom stereocenters. The topological polar surface area (TPSA) is 58.4 Å². The van der Waals surface area contributed by atoms with Gasteiger partial charge in [-0.1, -0.05) is 12.1 Å². The van der Waals surface area contributed by atoms with Crippen molar-refractivity contribution in [3.8, 4) is 0 Å². The predicted molar refractivity (Wildman–Crippen MR) is 93.4 cm³/mol. The summed E-state index contributed by atoms with van der Waals surface area (Å²) in [6, 6.07) is 6.43. The Balaban J connectivity index is 1.72. The van der Waals surface area contributed by atoms with Gasteiger partial charge in [-0.2, -0.15) is 18.3 Å². The number of carbonyl (C=O) groups excluding carboxylic acids is 1. The van der Waals surface area contributed by atoms with Crippen molar-refractivity contribution in [1.29, 1.82) is 0 Å². The molecule has 1 aromatic heterocycles. The summed E-state index contributed by atoms with van der Waals surface area (Å²) < 4.78 is 53.0. The van der Waals surface area contributed by atoms with Gasteiger partial charge in [-0.25, -0.2) is 9.07 Å². The van der Waals surface area contributed by atoms with E-state index >= 15 is 0 Å². The first-order chi connectivity index (χ1) is 13.2. The average molecular weight is 398 g/mol. The summed E-state index contributed by atoms with van der Waals surface area (Å²) in [6.45, 7) is 2.57. The third-order valence-corrected chi connectivity index (χ3v) is 4.62. The summed E-state index contributed by atoms with van der Waals surface area (Å²) >= 11 is 0. The van der Waals surface area contributed by atoms with Crippen LogP contribution in [0.3, 0.4) is 0 Å². The highest BCUT2D eigenvalue weighted by Gasteiger charge is 2.35. The SMILES string of the molecule is CC(C(=O)N1CCN(c2ccccc2F)CC1)n1nc(C(F)(F)F)ccc1=O. The van der Waals surface area contributed by atoms with Crippen LogP contribution in [-0.4, -0.2) is 46.8 Å². The molecule has 3 rings (SSSR count). The second kappa shape index (κ2) is 7.61. The lowest BCUT2D eigenvalue weighted by molar-refractivity contribution is -0.143. The Morgan fingerprint density at radius 1 is 1.07 bits per heavy atom. The van der Waals surface area contributed by atoms with Gasteiger partial charge in [0, 0.05) is 32.2 Å². The van der Waals surface area contributed by atoms with Crippen molar-refractivity contribution in [2.45, 2.75) is 19.1 Å².